The molecular weight excluding hydrogens is 357 g/mol. The average Bonchev–Trinajstić information content (AvgIpc) is 3.19. The van der Waals surface area contributed by atoms with Crippen LogP contribution in [0.4, 0.5) is 10.1 Å². The summed E-state index contributed by atoms with van der Waals surface area (Å²) in [5.41, 5.74) is 11.0. The molecule has 1 aliphatic heterocycles. The zero-order chi connectivity index (χ0) is 19.1. The highest BCUT2D eigenvalue weighted by atomic mass is 19.1. The van der Waals surface area contributed by atoms with Gasteiger partial charge >= 0.3 is 0 Å². The van der Waals surface area contributed by atoms with Crippen molar-refractivity contribution in [2.24, 2.45) is 0 Å². The van der Waals surface area contributed by atoms with Crippen LogP contribution in [0.15, 0.2) is 65.8 Å². The van der Waals surface area contributed by atoms with Crippen LogP contribution in [0.2, 0.25) is 0 Å². The number of nitrogens with zero attached hydrogens (tertiary/aromatic N) is 3. The van der Waals surface area contributed by atoms with E-state index in [0.717, 1.165) is 28.9 Å². The van der Waals surface area contributed by atoms with Gasteiger partial charge in [-0.2, -0.15) is 0 Å². The molecule has 0 radical (unpaired) electrons. The first-order valence-corrected chi connectivity index (χ1v) is 8.90. The van der Waals surface area contributed by atoms with E-state index < -0.39 is 0 Å². The lowest BCUT2D eigenvalue weighted by molar-refractivity contribution is 0.595. The molecule has 0 amide bonds. The summed E-state index contributed by atoms with van der Waals surface area (Å²) in [4.78, 5) is 20.9. The molecule has 0 bridgehead atoms. The Labute approximate surface area is 159 Å². The van der Waals surface area contributed by atoms with Crippen LogP contribution in [0.5, 0.6) is 0 Å². The molecule has 7 heteroatoms. The van der Waals surface area contributed by atoms with Crippen LogP contribution in [0.25, 0.3) is 22.2 Å². The van der Waals surface area contributed by atoms with E-state index in [2.05, 4.69) is 20.8 Å². The summed E-state index contributed by atoms with van der Waals surface area (Å²) in [6.07, 6.45) is 2.98. The molecule has 1 aliphatic rings. The molecule has 28 heavy (non-hydrogen) atoms. The second-order valence-corrected chi connectivity index (χ2v) is 6.71. The van der Waals surface area contributed by atoms with Gasteiger partial charge in [0.2, 0.25) is 0 Å². The monoisotopic (exact) mass is 373 g/mol. The van der Waals surface area contributed by atoms with E-state index in [1.807, 2.05) is 24.3 Å². The molecule has 6 nitrogen and oxygen atoms in total. The van der Waals surface area contributed by atoms with Crippen LogP contribution in [-0.2, 0) is 13.1 Å². The summed E-state index contributed by atoms with van der Waals surface area (Å²) < 4.78 is 16.1. The van der Waals surface area contributed by atoms with Crippen molar-refractivity contribution in [2.75, 3.05) is 5.43 Å². The Morgan fingerprint density at radius 2 is 1.93 bits per heavy atom. The maximum atomic E-state index is 14.8. The molecule has 2 aromatic carbocycles. The standard InChI is InChI=1S/C21H16FN5O/c22-17-9-14(13-5-6-18-16(8-13)10-25-26-18)3-4-15(17)11-27-12-24-19-2-1-7-23-20(19)21(27)28/h1-9,12,25-26H,10-11H2. The van der Waals surface area contributed by atoms with Crippen molar-refractivity contribution in [1.82, 2.24) is 20.0 Å². The number of benzene rings is 2. The lowest BCUT2D eigenvalue weighted by Crippen LogP contribution is -2.22. The topological polar surface area (TPSA) is 71.8 Å². The van der Waals surface area contributed by atoms with Gasteiger partial charge in [-0.3, -0.25) is 9.36 Å². The SMILES string of the molecule is O=c1c2ncccc2ncn1Cc1ccc(-c2ccc3c(c2)CNN3)cc1F. The molecule has 0 aliphatic carbocycles. The number of hydrogen-bond donors (Lipinski definition) is 2. The number of halogens is 1. The molecule has 0 fully saturated rings. The maximum absolute atomic E-state index is 14.8. The van der Waals surface area contributed by atoms with Gasteiger partial charge in [-0.05, 0) is 47.0 Å². The molecule has 5 rings (SSSR count). The van der Waals surface area contributed by atoms with E-state index in [0.29, 0.717) is 11.1 Å². The normalized spacial score (nSPS) is 12.8. The number of fused-ring (bicyclic) bond motifs is 2. The van der Waals surface area contributed by atoms with Crippen molar-refractivity contribution in [3.8, 4) is 11.1 Å². The maximum Gasteiger partial charge on any atom is 0.280 e. The second-order valence-electron chi connectivity index (χ2n) is 6.71. The summed E-state index contributed by atoms with van der Waals surface area (Å²) in [6, 6.07) is 14.5. The fourth-order valence-electron chi connectivity index (χ4n) is 3.41. The van der Waals surface area contributed by atoms with Gasteiger partial charge in [0.05, 0.1) is 24.1 Å². The smallest absolute Gasteiger partial charge is 0.280 e. The first-order chi connectivity index (χ1) is 13.7. The number of rotatable bonds is 3. The van der Waals surface area contributed by atoms with Crippen molar-refractivity contribution in [2.45, 2.75) is 13.1 Å². The molecular formula is C21H16FN5O. The molecule has 4 aromatic rings. The van der Waals surface area contributed by atoms with Gasteiger partial charge in [-0.15, -0.1) is 0 Å². The minimum absolute atomic E-state index is 0.0997. The molecule has 0 saturated carbocycles. The second kappa shape index (κ2) is 6.54. The first-order valence-electron chi connectivity index (χ1n) is 8.90. The lowest BCUT2D eigenvalue weighted by atomic mass is 10.0. The fraction of sp³-hybridized carbons (Fsp3) is 0.0952. The minimum Gasteiger partial charge on any atom is -0.321 e. The van der Waals surface area contributed by atoms with Crippen molar-refractivity contribution in [3.05, 3.63) is 88.4 Å². The van der Waals surface area contributed by atoms with Crippen LogP contribution < -0.4 is 16.4 Å². The van der Waals surface area contributed by atoms with E-state index in [1.165, 1.54) is 17.0 Å². The van der Waals surface area contributed by atoms with Crippen molar-refractivity contribution >= 4 is 16.7 Å². The van der Waals surface area contributed by atoms with Crippen LogP contribution in [-0.4, -0.2) is 14.5 Å². The molecule has 3 heterocycles. The van der Waals surface area contributed by atoms with Gasteiger partial charge in [0.25, 0.3) is 5.56 Å². The van der Waals surface area contributed by atoms with E-state index >= 15 is 0 Å². The van der Waals surface area contributed by atoms with E-state index in [1.54, 1.807) is 24.4 Å². The molecule has 0 atom stereocenters. The summed E-state index contributed by atoms with van der Waals surface area (Å²) >= 11 is 0. The van der Waals surface area contributed by atoms with Gasteiger partial charge in [0.1, 0.15) is 5.82 Å². The highest BCUT2D eigenvalue weighted by Crippen LogP contribution is 2.28. The molecule has 0 unspecified atom stereocenters. The predicted molar refractivity (Wildman–Crippen MR) is 105 cm³/mol. The van der Waals surface area contributed by atoms with Crippen LogP contribution in [0, 0.1) is 5.82 Å². The lowest BCUT2D eigenvalue weighted by Gasteiger charge is -2.10. The Balaban J connectivity index is 1.47. The zero-order valence-corrected chi connectivity index (χ0v) is 14.8. The molecule has 0 saturated heterocycles. The minimum atomic E-state index is -0.359. The fourth-order valence-corrected chi connectivity index (χ4v) is 3.41. The molecule has 2 N–H and O–H groups in total. The summed E-state index contributed by atoms with van der Waals surface area (Å²) in [5, 5.41) is 0. The zero-order valence-electron chi connectivity index (χ0n) is 14.8. The van der Waals surface area contributed by atoms with Gasteiger partial charge in [-0.1, -0.05) is 18.2 Å². The summed E-state index contributed by atoms with van der Waals surface area (Å²) in [5.74, 6) is -0.359. The number of anilines is 1. The molecule has 138 valence electrons. The summed E-state index contributed by atoms with van der Waals surface area (Å²) in [7, 11) is 0. The highest BCUT2D eigenvalue weighted by molar-refractivity contribution is 5.72. The van der Waals surface area contributed by atoms with Crippen LogP contribution in [0.1, 0.15) is 11.1 Å². The number of pyridine rings is 1. The van der Waals surface area contributed by atoms with Crippen molar-refractivity contribution < 1.29 is 4.39 Å². The van der Waals surface area contributed by atoms with Gasteiger partial charge < -0.3 is 5.43 Å². The Morgan fingerprint density at radius 3 is 2.82 bits per heavy atom. The third-order valence-electron chi connectivity index (χ3n) is 4.92. The van der Waals surface area contributed by atoms with Gasteiger partial charge in [0.15, 0.2) is 5.52 Å². The van der Waals surface area contributed by atoms with E-state index in [4.69, 9.17) is 0 Å². The Bertz CT molecular complexity index is 1270. The van der Waals surface area contributed by atoms with Crippen LogP contribution in [0.3, 0.4) is 0 Å². The highest BCUT2D eigenvalue weighted by Gasteiger charge is 2.13. The third-order valence-corrected chi connectivity index (χ3v) is 4.92. The Morgan fingerprint density at radius 1 is 1.07 bits per heavy atom. The number of nitrogens with one attached hydrogen (secondary N) is 2. The predicted octanol–water partition coefficient (Wildman–Crippen LogP) is 3.08. The number of hydrazine groups is 1. The van der Waals surface area contributed by atoms with E-state index in [-0.39, 0.29) is 23.4 Å². The van der Waals surface area contributed by atoms with Crippen molar-refractivity contribution in [3.63, 3.8) is 0 Å². The van der Waals surface area contributed by atoms with Gasteiger partial charge in [-0.25, -0.2) is 19.8 Å². The first kappa shape index (κ1) is 16.6. The van der Waals surface area contributed by atoms with Crippen molar-refractivity contribution in [1.29, 1.82) is 0 Å². The average molecular weight is 373 g/mol. The largest absolute Gasteiger partial charge is 0.321 e. The quantitative estimate of drug-likeness (QED) is 0.578. The Hall–Kier alpha value is -3.58. The van der Waals surface area contributed by atoms with E-state index in [9.17, 15) is 9.18 Å². The Kier molecular flexibility index (Phi) is 3.87. The number of hydrogen-bond acceptors (Lipinski definition) is 5. The van der Waals surface area contributed by atoms with Crippen LogP contribution >= 0.6 is 0 Å². The summed E-state index contributed by atoms with van der Waals surface area (Å²) in [6.45, 7) is 0.831. The molecule has 2 aromatic heterocycles. The number of aromatic nitrogens is 3. The molecule has 0 spiro atoms. The third kappa shape index (κ3) is 2.82. The van der Waals surface area contributed by atoms with Gasteiger partial charge in [0, 0.05) is 18.3 Å².